The minimum absolute atomic E-state index is 0.136. The van der Waals surface area contributed by atoms with E-state index in [0.29, 0.717) is 36.2 Å². The molecule has 2 amide bonds. The monoisotopic (exact) mass is 470 g/mol. The van der Waals surface area contributed by atoms with E-state index >= 15 is 0 Å². The number of hydrogen-bond acceptors (Lipinski definition) is 5. The van der Waals surface area contributed by atoms with Gasteiger partial charge in [-0.3, -0.25) is 14.4 Å². The molecule has 2 unspecified atom stereocenters. The lowest BCUT2D eigenvalue weighted by Gasteiger charge is -2.34. The summed E-state index contributed by atoms with van der Waals surface area (Å²) in [5.74, 6) is -0.216. The zero-order chi connectivity index (χ0) is 20.5. The lowest BCUT2D eigenvalue weighted by atomic mass is 9.97. The second kappa shape index (κ2) is 11.5. The third-order valence-corrected chi connectivity index (χ3v) is 6.02. The van der Waals surface area contributed by atoms with Crippen molar-refractivity contribution in [3.8, 4) is 0 Å². The van der Waals surface area contributed by atoms with Crippen LogP contribution in [0.15, 0.2) is 28.7 Å². The van der Waals surface area contributed by atoms with E-state index in [-0.39, 0.29) is 23.7 Å². The van der Waals surface area contributed by atoms with Gasteiger partial charge >= 0.3 is 5.97 Å². The van der Waals surface area contributed by atoms with Crippen molar-refractivity contribution in [3.63, 3.8) is 0 Å². The van der Waals surface area contributed by atoms with Crippen molar-refractivity contribution in [2.75, 3.05) is 31.7 Å². The van der Waals surface area contributed by atoms with Gasteiger partial charge in [0.2, 0.25) is 5.91 Å². The van der Waals surface area contributed by atoms with Gasteiger partial charge in [0.25, 0.3) is 5.91 Å². The number of ether oxygens (including phenoxy) is 1. The minimum Gasteiger partial charge on any atom is -0.466 e. The molecule has 0 saturated carbocycles. The van der Waals surface area contributed by atoms with Crippen molar-refractivity contribution in [2.45, 2.75) is 32.2 Å². The molecule has 0 aromatic heterocycles. The van der Waals surface area contributed by atoms with Crippen LogP contribution in [0.3, 0.4) is 0 Å². The first kappa shape index (κ1) is 22.7. The van der Waals surface area contributed by atoms with Crippen LogP contribution >= 0.6 is 27.7 Å². The number of hydrogen-bond donors (Lipinski definition) is 1. The summed E-state index contributed by atoms with van der Waals surface area (Å²) in [6, 6.07) is 6.51. The highest BCUT2D eigenvalue weighted by molar-refractivity contribution is 9.10. The summed E-state index contributed by atoms with van der Waals surface area (Å²) < 4.78 is 5.80. The van der Waals surface area contributed by atoms with Crippen LogP contribution in [0.4, 0.5) is 0 Å². The number of carbonyl (C=O) groups excluding carboxylic acids is 3. The van der Waals surface area contributed by atoms with E-state index in [1.807, 2.05) is 12.3 Å². The Bertz CT molecular complexity index is 701. The normalized spacial score (nSPS) is 17.7. The fraction of sp³-hybridized carbons (Fsp3) is 0.550. The highest BCUT2D eigenvalue weighted by atomic mass is 79.9. The van der Waals surface area contributed by atoms with Crippen LogP contribution in [0.5, 0.6) is 0 Å². The number of carbonyl (C=O) groups is 3. The van der Waals surface area contributed by atoms with Crippen LogP contribution in [0.2, 0.25) is 0 Å². The maximum absolute atomic E-state index is 13.1. The average molecular weight is 471 g/mol. The van der Waals surface area contributed by atoms with Crippen molar-refractivity contribution in [2.24, 2.45) is 5.92 Å². The van der Waals surface area contributed by atoms with Crippen molar-refractivity contribution in [1.82, 2.24) is 10.2 Å². The summed E-state index contributed by atoms with van der Waals surface area (Å²) in [5.41, 5.74) is 0.493. The molecule has 1 N–H and O–H groups in total. The molecule has 1 aliphatic rings. The number of halogens is 1. The molecule has 0 aliphatic carbocycles. The van der Waals surface area contributed by atoms with Crippen LogP contribution in [-0.4, -0.2) is 60.4 Å². The van der Waals surface area contributed by atoms with Gasteiger partial charge in [-0.25, -0.2) is 0 Å². The Balaban J connectivity index is 2.08. The number of likely N-dealkylation sites (tertiary alicyclic amines) is 1. The number of benzene rings is 1. The first-order valence-electron chi connectivity index (χ1n) is 9.47. The van der Waals surface area contributed by atoms with E-state index < -0.39 is 6.04 Å². The van der Waals surface area contributed by atoms with E-state index in [1.165, 1.54) is 0 Å². The predicted octanol–water partition coefficient (Wildman–Crippen LogP) is 3.10. The van der Waals surface area contributed by atoms with E-state index in [9.17, 15) is 14.4 Å². The van der Waals surface area contributed by atoms with E-state index in [2.05, 4.69) is 21.2 Å². The molecule has 8 heteroatoms. The molecular weight excluding hydrogens is 444 g/mol. The summed E-state index contributed by atoms with van der Waals surface area (Å²) >= 11 is 5.01. The third-order valence-electron chi connectivity index (χ3n) is 4.69. The van der Waals surface area contributed by atoms with Gasteiger partial charge in [0.1, 0.15) is 6.04 Å². The molecule has 1 aromatic rings. The summed E-state index contributed by atoms with van der Waals surface area (Å²) in [6.07, 6.45) is 3.98. The van der Waals surface area contributed by atoms with Crippen molar-refractivity contribution >= 4 is 45.5 Å². The largest absolute Gasteiger partial charge is 0.466 e. The summed E-state index contributed by atoms with van der Waals surface area (Å²) in [5, 5.41) is 2.89. The Kier molecular flexibility index (Phi) is 9.31. The minimum atomic E-state index is -0.618. The lowest BCUT2D eigenvalue weighted by Crippen LogP contribution is -2.52. The molecule has 1 aliphatic heterocycles. The number of rotatable bonds is 8. The molecule has 1 fully saturated rings. The average Bonchev–Trinajstić information content (AvgIpc) is 2.71. The van der Waals surface area contributed by atoms with Gasteiger partial charge in [0, 0.05) is 17.6 Å². The number of amides is 2. The number of nitrogens with one attached hydrogen (secondary N) is 1. The zero-order valence-electron chi connectivity index (χ0n) is 16.3. The first-order chi connectivity index (χ1) is 13.5. The predicted molar refractivity (Wildman–Crippen MR) is 114 cm³/mol. The fourth-order valence-electron chi connectivity index (χ4n) is 3.22. The molecule has 2 rings (SSSR count). The highest BCUT2D eigenvalue weighted by Gasteiger charge is 2.33. The maximum atomic E-state index is 13.1. The van der Waals surface area contributed by atoms with Crippen LogP contribution in [0, 0.1) is 5.92 Å². The van der Waals surface area contributed by atoms with Crippen molar-refractivity contribution in [3.05, 3.63) is 34.3 Å². The molecule has 1 aromatic carbocycles. The molecule has 0 bridgehead atoms. The van der Waals surface area contributed by atoms with Gasteiger partial charge in [-0.05, 0) is 66.3 Å². The molecule has 6 nitrogen and oxygen atoms in total. The Morgan fingerprint density at radius 2 is 2.11 bits per heavy atom. The molecule has 0 radical (unpaired) electrons. The SMILES string of the molecule is CCOC(=O)C1CCCN(C(=O)C(CCSC)NC(=O)c2ccccc2Br)C1. The van der Waals surface area contributed by atoms with Crippen LogP contribution < -0.4 is 5.32 Å². The van der Waals surface area contributed by atoms with Gasteiger partial charge in [-0.15, -0.1) is 0 Å². The standard InChI is InChI=1S/C20H27BrN2O4S/c1-3-27-20(26)14-7-6-11-23(13-14)19(25)17(10-12-28-2)22-18(24)15-8-4-5-9-16(15)21/h4-5,8-9,14,17H,3,6-7,10-13H2,1-2H3,(H,22,24). The second-order valence-corrected chi connectivity index (χ2v) is 8.50. The van der Waals surface area contributed by atoms with Gasteiger partial charge in [0.15, 0.2) is 0 Å². The third kappa shape index (κ3) is 6.24. The molecule has 28 heavy (non-hydrogen) atoms. The topological polar surface area (TPSA) is 75.7 Å². The summed E-state index contributed by atoms with van der Waals surface area (Å²) in [7, 11) is 0. The molecule has 1 saturated heterocycles. The van der Waals surface area contributed by atoms with Crippen LogP contribution in [0.1, 0.15) is 36.5 Å². The Labute approximate surface area is 178 Å². The number of nitrogens with zero attached hydrogens (tertiary/aromatic N) is 1. The van der Waals surface area contributed by atoms with Gasteiger partial charge in [0.05, 0.1) is 18.1 Å². The molecule has 1 heterocycles. The number of esters is 1. The Morgan fingerprint density at radius 3 is 2.79 bits per heavy atom. The molecule has 0 spiro atoms. The second-order valence-electron chi connectivity index (χ2n) is 6.66. The number of thioether (sulfide) groups is 1. The van der Waals surface area contributed by atoms with E-state index in [1.54, 1.807) is 41.8 Å². The number of piperidine rings is 1. The summed E-state index contributed by atoms with van der Waals surface area (Å²) in [4.78, 5) is 39.6. The van der Waals surface area contributed by atoms with Crippen molar-refractivity contribution in [1.29, 1.82) is 0 Å². The summed E-state index contributed by atoms with van der Waals surface area (Å²) in [6.45, 7) is 3.05. The van der Waals surface area contributed by atoms with Crippen LogP contribution in [-0.2, 0) is 14.3 Å². The van der Waals surface area contributed by atoms with Gasteiger partial charge in [-0.1, -0.05) is 12.1 Å². The smallest absolute Gasteiger partial charge is 0.310 e. The maximum Gasteiger partial charge on any atom is 0.310 e. The lowest BCUT2D eigenvalue weighted by molar-refractivity contribution is -0.151. The van der Waals surface area contributed by atoms with E-state index in [4.69, 9.17) is 4.74 Å². The van der Waals surface area contributed by atoms with Gasteiger partial charge < -0.3 is 15.0 Å². The quantitative estimate of drug-likeness (QED) is 0.590. The van der Waals surface area contributed by atoms with Crippen molar-refractivity contribution < 1.29 is 19.1 Å². The Morgan fingerprint density at radius 1 is 1.36 bits per heavy atom. The molecule has 2 atom stereocenters. The van der Waals surface area contributed by atoms with Crippen LogP contribution in [0.25, 0.3) is 0 Å². The Hall–Kier alpha value is -1.54. The molecular formula is C20H27BrN2O4S. The highest BCUT2D eigenvalue weighted by Crippen LogP contribution is 2.20. The fourth-order valence-corrected chi connectivity index (χ4v) is 4.16. The molecule has 154 valence electrons. The zero-order valence-corrected chi connectivity index (χ0v) is 18.7. The van der Waals surface area contributed by atoms with E-state index in [0.717, 1.165) is 18.6 Å². The van der Waals surface area contributed by atoms with Gasteiger partial charge in [-0.2, -0.15) is 11.8 Å². The first-order valence-corrected chi connectivity index (χ1v) is 11.7.